The van der Waals surface area contributed by atoms with Crippen LogP contribution in [0.2, 0.25) is 0 Å². The van der Waals surface area contributed by atoms with Gasteiger partial charge >= 0.3 is 0 Å². The fourth-order valence-electron chi connectivity index (χ4n) is 3.20. The van der Waals surface area contributed by atoms with Crippen molar-refractivity contribution >= 4 is 5.91 Å². The topological polar surface area (TPSA) is 77.6 Å². The lowest BCUT2D eigenvalue weighted by molar-refractivity contribution is 0.0951. The van der Waals surface area contributed by atoms with Gasteiger partial charge in [0.05, 0.1) is 17.8 Å². The first kappa shape index (κ1) is 20.1. The quantitative estimate of drug-likeness (QED) is 0.513. The molecule has 2 aromatic carbocycles. The Balaban J connectivity index is 1.55. The summed E-state index contributed by atoms with van der Waals surface area (Å²) in [5, 5.41) is 11.6. The van der Waals surface area contributed by atoms with Crippen LogP contribution in [0.1, 0.15) is 33.1 Å². The Morgan fingerprint density at radius 1 is 1.06 bits per heavy atom. The van der Waals surface area contributed by atoms with Crippen molar-refractivity contribution in [3.05, 3.63) is 95.3 Å². The predicted molar refractivity (Wildman–Crippen MR) is 118 cm³/mol. The molecule has 0 unspecified atom stereocenters. The maximum absolute atomic E-state index is 12.7. The first-order valence-electron chi connectivity index (χ1n) is 9.97. The summed E-state index contributed by atoms with van der Waals surface area (Å²) in [7, 11) is 0. The van der Waals surface area contributed by atoms with E-state index in [1.54, 1.807) is 27.7 Å². The number of carbonyl (C=O) groups excluding carboxylic acids is 1. The third-order valence-corrected chi connectivity index (χ3v) is 4.70. The zero-order valence-corrected chi connectivity index (χ0v) is 17.4. The molecule has 0 radical (unpaired) electrons. The summed E-state index contributed by atoms with van der Waals surface area (Å²) in [5.41, 5.74) is 2.99. The standard InChI is InChI=1S/C24H22N6O/c1-18-27-19(2)29(28-18)16-14-25-24(31)22-11-12-23(30-15-6-13-26-30)21(17-22)10-9-20-7-4-3-5-8-20/h3-8,11-13,15,17H,14,16H2,1-2H3,(H,25,31). The van der Waals surface area contributed by atoms with Crippen molar-refractivity contribution in [3.8, 4) is 17.5 Å². The highest BCUT2D eigenvalue weighted by Crippen LogP contribution is 2.16. The Bertz CT molecular complexity index is 1250. The van der Waals surface area contributed by atoms with Gasteiger partial charge in [0.25, 0.3) is 5.91 Å². The lowest BCUT2D eigenvalue weighted by Crippen LogP contribution is -2.28. The molecule has 1 amide bonds. The number of nitrogens with zero attached hydrogens (tertiary/aromatic N) is 5. The lowest BCUT2D eigenvalue weighted by atomic mass is 10.1. The van der Waals surface area contributed by atoms with Gasteiger partial charge in [0.1, 0.15) is 11.6 Å². The number of aromatic nitrogens is 5. The molecular formula is C24H22N6O. The second kappa shape index (κ2) is 9.09. The molecule has 2 heterocycles. The summed E-state index contributed by atoms with van der Waals surface area (Å²) in [6.07, 6.45) is 3.56. The zero-order valence-electron chi connectivity index (χ0n) is 17.4. The molecule has 0 bridgehead atoms. The molecular weight excluding hydrogens is 388 g/mol. The van der Waals surface area contributed by atoms with Crippen molar-refractivity contribution in [2.24, 2.45) is 0 Å². The largest absolute Gasteiger partial charge is 0.350 e. The molecule has 0 aliphatic heterocycles. The molecule has 0 aliphatic rings. The van der Waals surface area contributed by atoms with Crippen LogP contribution >= 0.6 is 0 Å². The average Bonchev–Trinajstić information content (AvgIpc) is 3.42. The number of carbonyl (C=O) groups is 1. The number of aryl methyl sites for hydroxylation is 2. The molecule has 0 spiro atoms. The van der Waals surface area contributed by atoms with Gasteiger partial charge in [0.15, 0.2) is 0 Å². The molecule has 0 saturated carbocycles. The minimum atomic E-state index is -0.163. The van der Waals surface area contributed by atoms with E-state index < -0.39 is 0 Å². The maximum Gasteiger partial charge on any atom is 0.251 e. The average molecular weight is 410 g/mol. The van der Waals surface area contributed by atoms with Gasteiger partial charge in [-0.1, -0.05) is 30.0 Å². The monoisotopic (exact) mass is 410 g/mol. The fourth-order valence-corrected chi connectivity index (χ4v) is 3.20. The van der Waals surface area contributed by atoms with E-state index in [1.807, 2.05) is 62.5 Å². The molecule has 0 saturated heterocycles. The number of amides is 1. The number of benzene rings is 2. The minimum Gasteiger partial charge on any atom is -0.350 e. The molecule has 154 valence electrons. The van der Waals surface area contributed by atoms with Crippen molar-refractivity contribution in [3.63, 3.8) is 0 Å². The van der Waals surface area contributed by atoms with E-state index in [9.17, 15) is 4.79 Å². The Hall–Kier alpha value is -4.18. The Morgan fingerprint density at radius 3 is 2.61 bits per heavy atom. The van der Waals surface area contributed by atoms with Crippen LogP contribution < -0.4 is 5.32 Å². The van der Waals surface area contributed by atoms with Crippen LogP contribution in [0, 0.1) is 25.7 Å². The van der Waals surface area contributed by atoms with Gasteiger partial charge in [-0.3, -0.25) is 4.79 Å². The first-order chi connectivity index (χ1) is 15.1. The predicted octanol–water partition coefficient (Wildman–Crippen LogP) is 2.91. The Morgan fingerprint density at radius 2 is 1.90 bits per heavy atom. The fraction of sp³-hybridized carbons (Fsp3) is 0.167. The second-order valence-corrected chi connectivity index (χ2v) is 6.98. The molecule has 4 rings (SSSR count). The SMILES string of the molecule is Cc1nc(C)n(CCNC(=O)c2ccc(-n3cccn3)c(C#Cc3ccccc3)c2)n1. The smallest absolute Gasteiger partial charge is 0.251 e. The molecule has 7 nitrogen and oxygen atoms in total. The van der Waals surface area contributed by atoms with Crippen LogP contribution in [-0.4, -0.2) is 37.0 Å². The van der Waals surface area contributed by atoms with Gasteiger partial charge in [0, 0.05) is 30.1 Å². The van der Waals surface area contributed by atoms with Crippen molar-refractivity contribution < 1.29 is 4.79 Å². The highest BCUT2D eigenvalue weighted by Gasteiger charge is 2.11. The maximum atomic E-state index is 12.7. The summed E-state index contributed by atoms with van der Waals surface area (Å²) in [6, 6.07) is 17.0. The number of hydrogen-bond acceptors (Lipinski definition) is 4. The third kappa shape index (κ3) is 4.87. The summed E-state index contributed by atoms with van der Waals surface area (Å²) >= 11 is 0. The molecule has 1 N–H and O–H groups in total. The normalized spacial score (nSPS) is 10.4. The van der Waals surface area contributed by atoms with Crippen LogP contribution in [0.15, 0.2) is 67.0 Å². The summed E-state index contributed by atoms with van der Waals surface area (Å²) < 4.78 is 3.53. The van der Waals surface area contributed by atoms with Gasteiger partial charge in [-0.15, -0.1) is 0 Å². The van der Waals surface area contributed by atoms with E-state index in [4.69, 9.17) is 0 Å². The van der Waals surface area contributed by atoms with Crippen LogP contribution in [0.3, 0.4) is 0 Å². The number of nitrogens with one attached hydrogen (secondary N) is 1. The highest BCUT2D eigenvalue weighted by molar-refractivity contribution is 5.95. The molecule has 0 aliphatic carbocycles. The van der Waals surface area contributed by atoms with Crippen LogP contribution in [-0.2, 0) is 6.54 Å². The van der Waals surface area contributed by atoms with Crippen molar-refractivity contribution in [2.75, 3.05) is 6.54 Å². The van der Waals surface area contributed by atoms with Gasteiger partial charge in [0.2, 0.25) is 0 Å². The summed E-state index contributed by atoms with van der Waals surface area (Å²) in [6.45, 7) is 4.76. The van der Waals surface area contributed by atoms with Gasteiger partial charge in [-0.2, -0.15) is 10.2 Å². The Labute approximate surface area is 180 Å². The lowest BCUT2D eigenvalue weighted by Gasteiger charge is -2.09. The Kier molecular flexibility index (Phi) is 5.90. The van der Waals surface area contributed by atoms with Crippen LogP contribution in [0.5, 0.6) is 0 Å². The first-order valence-corrected chi connectivity index (χ1v) is 9.97. The minimum absolute atomic E-state index is 0.163. The molecule has 31 heavy (non-hydrogen) atoms. The van der Waals surface area contributed by atoms with E-state index >= 15 is 0 Å². The van der Waals surface area contributed by atoms with Crippen molar-refractivity contribution in [1.29, 1.82) is 0 Å². The van der Waals surface area contributed by atoms with Crippen molar-refractivity contribution in [2.45, 2.75) is 20.4 Å². The molecule has 0 fully saturated rings. The highest BCUT2D eigenvalue weighted by atomic mass is 16.1. The molecule has 7 heteroatoms. The number of rotatable bonds is 5. The second-order valence-electron chi connectivity index (χ2n) is 6.98. The molecule has 4 aromatic rings. The number of hydrogen-bond donors (Lipinski definition) is 1. The van der Waals surface area contributed by atoms with E-state index in [0.717, 1.165) is 28.5 Å². The van der Waals surface area contributed by atoms with E-state index in [-0.39, 0.29) is 5.91 Å². The van der Waals surface area contributed by atoms with E-state index in [2.05, 4.69) is 32.3 Å². The van der Waals surface area contributed by atoms with Crippen molar-refractivity contribution in [1.82, 2.24) is 29.9 Å². The zero-order chi connectivity index (χ0) is 21.6. The van der Waals surface area contributed by atoms with E-state index in [0.29, 0.717) is 18.7 Å². The van der Waals surface area contributed by atoms with Gasteiger partial charge in [-0.25, -0.2) is 14.3 Å². The van der Waals surface area contributed by atoms with Gasteiger partial charge < -0.3 is 5.32 Å². The van der Waals surface area contributed by atoms with E-state index in [1.165, 1.54) is 0 Å². The van der Waals surface area contributed by atoms with Crippen LogP contribution in [0.4, 0.5) is 0 Å². The molecule has 2 aromatic heterocycles. The summed E-state index contributed by atoms with van der Waals surface area (Å²) in [4.78, 5) is 17.0. The van der Waals surface area contributed by atoms with Crippen LogP contribution in [0.25, 0.3) is 5.69 Å². The summed E-state index contributed by atoms with van der Waals surface area (Å²) in [5.74, 6) is 7.74. The van der Waals surface area contributed by atoms with Gasteiger partial charge in [-0.05, 0) is 50.2 Å². The molecule has 0 atom stereocenters. The third-order valence-electron chi connectivity index (χ3n) is 4.70.